The van der Waals surface area contributed by atoms with Crippen molar-refractivity contribution in [1.29, 1.82) is 0 Å². The summed E-state index contributed by atoms with van der Waals surface area (Å²) in [5, 5.41) is 0. The van der Waals surface area contributed by atoms with E-state index in [1.807, 2.05) is 0 Å². The van der Waals surface area contributed by atoms with Gasteiger partial charge in [0.05, 0.1) is 14.6 Å². The predicted molar refractivity (Wildman–Crippen MR) is 89.9 cm³/mol. The lowest BCUT2D eigenvalue weighted by Crippen LogP contribution is -2.39. The molecule has 2 aromatic rings. The number of fused-ring (bicyclic) bond motifs is 1. The number of ether oxygens (including phenoxy) is 1. The molecule has 0 amide bonds. The molecule has 0 spiro atoms. The molecule has 0 aliphatic heterocycles. The summed E-state index contributed by atoms with van der Waals surface area (Å²) in [6.07, 6.45) is -14.2. The van der Waals surface area contributed by atoms with Crippen LogP contribution in [0.4, 0.5) is 4.39 Å². The van der Waals surface area contributed by atoms with Gasteiger partial charge in [0, 0.05) is 40.7 Å². The number of aryl methyl sites for hydroxylation is 1. The molecule has 0 N–H and O–H groups in total. The van der Waals surface area contributed by atoms with Crippen molar-refractivity contribution in [3.8, 4) is 0 Å². The molecule has 0 saturated carbocycles. The second-order valence-electron chi connectivity index (χ2n) is 4.21. The summed E-state index contributed by atoms with van der Waals surface area (Å²) >= 11 is 0. The van der Waals surface area contributed by atoms with Crippen LogP contribution in [0.15, 0.2) is 15.9 Å². The third kappa shape index (κ3) is 3.92. The second-order valence-corrected chi connectivity index (χ2v) is 4.21. The van der Waals surface area contributed by atoms with E-state index in [1.54, 1.807) is 0 Å². The van der Waals surface area contributed by atoms with Crippen molar-refractivity contribution in [3.05, 3.63) is 27.2 Å². The molecule has 0 aliphatic carbocycles. The molecular weight excluding hydrogens is 315 g/mol. The Labute approximate surface area is 169 Å². The lowest BCUT2D eigenvalue weighted by atomic mass is 10.0. The van der Waals surface area contributed by atoms with Crippen molar-refractivity contribution in [2.24, 2.45) is 7.05 Å². The van der Waals surface area contributed by atoms with Crippen LogP contribution in [0.5, 0.6) is 0 Å². The van der Waals surface area contributed by atoms with Crippen LogP contribution in [0.1, 0.15) is 68.5 Å². The highest BCUT2D eigenvalue weighted by atomic mass is 19.1. The SMILES string of the molecule is [2H]C([2H])(OC([2H])([2H])C([2H])([2H])[2H])n1cnc2c1c(=O)n(C([2H])([2H])C([2H])([2H])C([2H])([2H])C([2H])([2H])C(F)(C([2H])([2H])[2H])C([2H])([2H])[2H])c(=O)n2C. The maximum absolute atomic E-state index is 15.9. The molecule has 8 heteroatoms. The van der Waals surface area contributed by atoms with Crippen molar-refractivity contribution in [2.45, 2.75) is 58.5 Å². The molecule has 24 heavy (non-hydrogen) atoms. The first-order chi connectivity index (χ1) is 19.4. The molecule has 134 valence electrons. The zero-order chi connectivity index (χ0) is 36.2. The third-order valence-corrected chi connectivity index (χ3v) is 2.61. The molecule has 0 fully saturated rings. The Bertz CT molecular complexity index is 1560. The maximum Gasteiger partial charge on any atom is 0.332 e. The van der Waals surface area contributed by atoms with Gasteiger partial charge in [-0.2, -0.15) is 0 Å². The molecular formula is C16H25FN4O3. The predicted octanol–water partition coefficient (Wildman–Crippen LogP) is 1.81. The fraction of sp³-hybridized carbons (Fsp3) is 0.688. The summed E-state index contributed by atoms with van der Waals surface area (Å²) in [6.45, 7) is -24.6. The quantitative estimate of drug-likeness (QED) is 0.719. The molecule has 0 unspecified atom stereocenters. The van der Waals surface area contributed by atoms with Gasteiger partial charge in [-0.1, -0.05) is 0 Å². The number of hydrogen-bond acceptors (Lipinski definition) is 4. The first kappa shape index (κ1) is 5.03. The number of hydrogen-bond donors (Lipinski definition) is 0. The number of halogens is 1. The van der Waals surface area contributed by atoms with Crippen LogP contribution < -0.4 is 11.2 Å². The van der Waals surface area contributed by atoms with Gasteiger partial charge in [-0.25, -0.2) is 14.2 Å². The van der Waals surface area contributed by atoms with E-state index >= 15 is 4.39 Å². The summed E-state index contributed by atoms with van der Waals surface area (Å²) in [4.78, 5) is 30.3. The summed E-state index contributed by atoms with van der Waals surface area (Å²) in [5.74, 6) is 0. The van der Waals surface area contributed by atoms with E-state index < -0.39 is 92.1 Å². The normalized spacial score (nSPS) is 30.3. The van der Waals surface area contributed by atoms with Gasteiger partial charge in [-0.05, 0) is 39.7 Å². The largest absolute Gasteiger partial charge is 0.361 e. The zero-order valence-corrected chi connectivity index (χ0v) is 12.0. The fourth-order valence-electron chi connectivity index (χ4n) is 1.66. The Kier molecular flexibility index (Phi) is 1.53. The van der Waals surface area contributed by atoms with E-state index in [9.17, 15) is 9.59 Å². The van der Waals surface area contributed by atoms with Crippen LogP contribution >= 0.6 is 0 Å². The average molecular weight is 362 g/mol. The molecule has 0 aliphatic rings. The van der Waals surface area contributed by atoms with Crippen LogP contribution in [0, 0.1) is 0 Å². The standard InChI is InChI=1S/C16H25FN4O3/c1-5-24-11-20-10-18-13-12(20)14(22)21(15(23)19(13)4)9-7-6-8-16(2,3)17/h10H,5-9,11H2,1-4H3/i1D3,2D3,3D3,5D2,6D2,7D2,8D2,9D2,11D2. The highest BCUT2D eigenvalue weighted by Gasteiger charge is 2.17. The molecule has 0 radical (unpaired) electrons. The smallest absolute Gasteiger partial charge is 0.332 e. The molecule has 2 rings (SSSR count). The summed E-state index contributed by atoms with van der Waals surface area (Å²) in [6, 6.07) is 0. The van der Waals surface area contributed by atoms with E-state index in [0.29, 0.717) is 6.33 Å². The van der Waals surface area contributed by atoms with Gasteiger partial charge in [-0.3, -0.25) is 13.9 Å². The average Bonchev–Trinajstić information content (AvgIpc) is 3.25. The van der Waals surface area contributed by atoms with Gasteiger partial charge < -0.3 is 9.30 Å². The van der Waals surface area contributed by atoms with Crippen molar-refractivity contribution >= 4 is 11.2 Å². The van der Waals surface area contributed by atoms with Crippen molar-refractivity contribution < 1.29 is 37.9 Å². The van der Waals surface area contributed by atoms with Crippen molar-refractivity contribution in [2.75, 3.05) is 6.56 Å². The highest BCUT2D eigenvalue weighted by Crippen LogP contribution is 2.17. The fourth-order valence-corrected chi connectivity index (χ4v) is 1.66. The molecule has 0 atom stereocenters. The van der Waals surface area contributed by atoms with Gasteiger partial charge in [0.1, 0.15) is 12.4 Å². The number of imidazole rings is 1. The minimum absolute atomic E-state index is 0.0143. The van der Waals surface area contributed by atoms with E-state index in [-0.39, 0.29) is 9.13 Å². The topological polar surface area (TPSA) is 71.1 Å². The number of nitrogens with zero attached hydrogens (tertiary/aromatic N) is 4. The maximum atomic E-state index is 15.9. The van der Waals surface area contributed by atoms with Gasteiger partial charge >= 0.3 is 5.69 Å². The Morgan fingerprint density at radius 3 is 2.92 bits per heavy atom. The molecule has 0 aromatic carbocycles. The first-order valence-corrected chi connectivity index (χ1v) is 6.01. The number of rotatable bonds is 8. The molecule has 2 aromatic heterocycles. The number of aromatic nitrogens is 4. The summed E-state index contributed by atoms with van der Waals surface area (Å²) in [5.41, 5.74) is -11.2. The van der Waals surface area contributed by atoms with E-state index in [1.165, 1.54) is 0 Å². The first-order valence-electron chi connectivity index (χ1n) is 16.5. The lowest BCUT2D eigenvalue weighted by Gasteiger charge is -2.14. The van der Waals surface area contributed by atoms with Gasteiger partial charge in [0.2, 0.25) is 0 Å². The second kappa shape index (κ2) is 7.29. The lowest BCUT2D eigenvalue weighted by molar-refractivity contribution is 0.0903. The molecule has 0 saturated heterocycles. The molecule has 7 nitrogen and oxygen atoms in total. The number of alkyl halides is 1. The summed E-state index contributed by atoms with van der Waals surface area (Å²) < 4.78 is 182. The Hall–Kier alpha value is -1.96. The zero-order valence-electron chi connectivity index (χ0n) is 33.0. The monoisotopic (exact) mass is 361 g/mol. The van der Waals surface area contributed by atoms with E-state index in [4.69, 9.17) is 28.8 Å². The van der Waals surface area contributed by atoms with Crippen molar-refractivity contribution in [1.82, 2.24) is 18.7 Å². The van der Waals surface area contributed by atoms with Crippen LogP contribution in [-0.2, 0) is 25.0 Å². The van der Waals surface area contributed by atoms with Gasteiger partial charge in [0.25, 0.3) is 5.56 Å². The molecule has 2 heterocycles. The van der Waals surface area contributed by atoms with Crippen LogP contribution in [0.3, 0.4) is 0 Å². The third-order valence-electron chi connectivity index (χ3n) is 2.61. The minimum atomic E-state index is -5.21. The Morgan fingerprint density at radius 1 is 1.42 bits per heavy atom. The minimum Gasteiger partial charge on any atom is -0.361 e. The summed E-state index contributed by atoms with van der Waals surface area (Å²) in [7, 11) is 0.755. The van der Waals surface area contributed by atoms with Gasteiger partial charge in [0.15, 0.2) is 11.2 Å². The Morgan fingerprint density at radius 2 is 2.21 bits per heavy atom. The van der Waals surface area contributed by atoms with Crippen molar-refractivity contribution in [3.63, 3.8) is 0 Å². The molecule has 0 bridgehead atoms. The van der Waals surface area contributed by atoms with Crippen LogP contribution in [0.25, 0.3) is 11.2 Å². The van der Waals surface area contributed by atoms with E-state index in [0.717, 1.165) is 7.05 Å². The Balaban J connectivity index is 3.00. The highest BCUT2D eigenvalue weighted by molar-refractivity contribution is 5.69. The van der Waals surface area contributed by atoms with Crippen LogP contribution in [0.2, 0.25) is 0 Å². The van der Waals surface area contributed by atoms with E-state index in [2.05, 4.69) is 9.72 Å². The van der Waals surface area contributed by atoms with Gasteiger partial charge in [-0.15, -0.1) is 0 Å². The van der Waals surface area contributed by atoms with Crippen LogP contribution in [-0.4, -0.2) is 30.9 Å².